The topological polar surface area (TPSA) is 8.17 Å². The number of halogens is 2. The van der Waals surface area contributed by atoms with Crippen molar-refractivity contribution in [3.05, 3.63) is 112 Å². The quantitative estimate of drug-likeness (QED) is 0.255. The Hall–Kier alpha value is -2.49. The van der Waals surface area contributed by atoms with Crippen LogP contribution in [0.1, 0.15) is 48.2 Å². The molecule has 0 aliphatic carbocycles. The number of hydrogen-bond donors (Lipinski definition) is 0. The second kappa shape index (κ2) is 9.97. The molecule has 0 fully saturated rings. The van der Waals surface area contributed by atoms with Gasteiger partial charge in [0.25, 0.3) is 0 Å². The maximum Gasteiger partial charge on any atom is 0.0965 e. The SMILES string of the molecule is Br.CCCCn1c2c(c3ccccc31)C=CN(Cc1ccccc1)C2c1ccccc1Cl. The third-order valence-electron chi connectivity index (χ3n) is 6.22. The molecule has 4 aromatic rings. The van der Waals surface area contributed by atoms with Crippen molar-refractivity contribution in [3.8, 4) is 0 Å². The standard InChI is InChI=1S/C28H27ClN2.BrH/c1-2-3-18-31-26-16-10-8-13-22(26)23-17-19-30(20-21-11-5-4-6-12-21)27(28(23)31)24-14-7-9-15-25(24)29;/h4-17,19,27H,2-3,18,20H2,1H3;1H. The van der Waals surface area contributed by atoms with Crippen molar-refractivity contribution in [2.45, 2.75) is 38.9 Å². The van der Waals surface area contributed by atoms with Gasteiger partial charge in [0.15, 0.2) is 0 Å². The summed E-state index contributed by atoms with van der Waals surface area (Å²) in [6.07, 6.45) is 6.86. The van der Waals surface area contributed by atoms with E-state index in [1.54, 1.807) is 0 Å². The summed E-state index contributed by atoms with van der Waals surface area (Å²) in [5, 5.41) is 2.14. The highest BCUT2D eigenvalue weighted by molar-refractivity contribution is 8.93. The predicted octanol–water partition coefficient (Wildman–Crippen LogP) is 8.25. The number of para-hydroxylation sites is 1. The van der Waals surface area contributed by atoms with Crippen molar-refractivity contribution < 1.29 is 0 Å². The number of aromatic nitrogens is 1. The Labute approximate surface area is 205 Å². The molecule has 0 saturated carbocycles. The molecule has 1 aliphatic heterocycles. The lowest BCUT2D eigenvalue weighted by Gasteiger charge is -2.36. The van der Waals surface area contributed by atoms with Crippen LogP contribution in [0, 0.1) is 0 Å². The smallest absolute Gasteiger partial charge is 0.0965 e. The lowest BCUT2D eigenvalue weighted by atomic mass is 9.94. The summed E-state index contributed by atoms with van der Waals surface area (Å²) in [5.41, 5.74) is 6.43. The lowest BCUT2D eigenvalue weighted by molar-refractivity contribution is 0.295. The van der Waals surface area contributed by atoms with E-state index in [-0.39, 0.29) is 23.0 Å². The summed E-state index contributed by atoms with van der Waals surface area (Å²) in [7, 11) is 0. The van der Waals surface area contributed by atoms with E-state index in [1.165, 1.54) is 34.1 Å². The maximum absolute atomic E-state index is 6.79. The summed E-state index contributed by atoms with van der Waals surface area (Å²) < 4.78 is 2.53. The fourth-order valence-electron chi connectivity index (χ4n) is 4.75. The van der Waals surface area contributed by atoms with Crippen LogP contribution in [0.25, 0.3) is 17.0 Å². The number of benzene rings is 3. The number of hydrogen-bond acceptors (Lipinski definition) is 1. The van der Waals surface area contributed by atoms with Crippen LogP contribution in [0.3, 0.4) is 0 Å². The van der Waals surface area contributed by atoms with E-state index in [0.717, 1.165) is 30.1 Å². The maximum atomic E-state index is 6.79. The second-order valence-corrected chi connectivity index (χ2v) is 8.63. The molecular weight excluding hydrogens is 480 g/mol. The number of aryl methyl sites for hydroxylation is 1. The van der Waals surface area contributed by atoms with Gasteiger partial charge in [-0.3, -0.25) is 0 Å². The monoisotopic (exact) mass is 506 g/mol. The summed E-state index contributed by atoms with van der Waals surface area (Å²) in [6.45, 7) is 4.10. The number of nitrogens with zero attached hydrogens (tertiary/aromatic N) is 2. The number of rotatable bonds is 6. The Morgan fingerprint density at radius 3 is 2.38 bits per heavy atom. The Balaban J connectivity index is 0.00000245. The van der Waals surface area contributed by atoms with Crippen molar-refractivity contribution >= 4 is 45.6 Å². The number of unbranched alkanes of at least 4 members (excludes halogenated alkanes) is 1. The van der Waals surface area contributed by atoms with Gasteiger partial charge in [0.05, 0.1) is 11.7 Å². The van der Waals surface area contributed by atoms with Gasteiger partial charge in [-0.25, -0.2) is 0 Å². The summed E-state index contributed by atoms with van der Waals surface area (Å²) in [5.74, 6) is 0. The van der Waals surface area contributed by atoms with Crippen LogP contribution in [0.15, 0.2) is 85.1 Å². The molecule has 164 valence electrons. The Kier molecular flexibility index (Phi) is 7.07. The van der Waals surface area contributed by atoms with Gasteiger partial charge >= 0.3 is 0 Å². The van der Waals surface area contributed by atoms with E-state index in [1.807, 2.05) is 12.1 Å². The zero-order valence-corrected chi connectivity index (χ0v) is 20.7. The molecule has 4 heteroatoms. The summed E-state index contributed by atoms with van der Waals surface area (Å²) >= 11 is 6.79. The predicted molar refractivity (Wildman–Crippen MR) is 141 cm³/mol. The van der Waals surface area contributed by atoms with E-state index >= 15 is 0 Å². The normalized spacial score (nSPS) is 14.9. The fraction of sp³-hybridized carbons (Fsp3) is 0.214. The zero-order valence-electron chi connectivity index (χ0n) is 18.2. The summed E-state index contributed by atoms with van der Waals surface area (Å²) in [4.78, 5) is 2.43. The van der Waals surface area contributed by atoms with Gasteiger partial charge in [-0.05, 0) is 35.8 Å². The van der Waals surface area contributed by atoms with E-state index in [2.05, 4.69) is 95.4 Å². The first kappa shape index (κ1) is 22.7. The van der Waals surface area contributed by atoms with E-state index < -0.39 is 0 Å². The molecule has 3 aromatic carbocycles. The average molecular weight is 508 g/mol. The first-order chi connectivity index (χ1) is 15.3. The molecule has 0 amide bonds. The van der Waals surface area contributed by atoms with Crippen LogP contribution >= 0.6 is 28.6 Å². The largest absolute Gasteiger partial charge is 0.361 e. The highest BCUT2D eigenvalue weighted by Gasteiger charge is 2.32. The lowest BCUT2D eigenvalue weighted by Crippen LogP contribution is -2.29. The third kappa shape index (κ3) is 4.12. The van der Waals surface area contributed by atoms with Crippen molar-refractivity contribution in [3.63, 3.8) is 0 Å². The van der Waals surface area contributed by atoms with Crippen molar-refractivity contribution in [2.75, 3.05) is 0 Å². The van der Waals surface area contributed by atoms with Gasteiger partial charge in [-0.2, -0.15) is 0 Å². The molecular formula is C28H28BrClN2. The third-order valence-corrected chi connectivity index (χ3v) is 6.56. The zero-order chi connectivity index (χ0) is 21.2. The highest BCUT2D eigenvalue weighted by atomic mass is 79.9. The fourth-order valence-corrected chi connectivity index (χ4v) is 4.99. The molecule has 0 bridgehead atoms. The molecule has 1 atom stereocenters. The molecule has 32 heavy (non-hydrogen) atoms. The van der Waals surface area contributed by atoms with E-state index in [9.17, 15) is 0 Å². The van der Waals surface area contributed by atoms with Gasteiger partial charge in [0, 0.05) is 40.8 Å². The Morgan fingerprint density at radius 2 is 1.59 bits per heavy atom. The van der Waals surface area contributed by atoms with Crippen LogP contribution in [0.2, 0.25) is 5.02 Å². The molecule has 2 nitrogen and oxygen atoms in total. The second-order valence-electron chi connectivity index (χ2n) is 8.22. The first-order valence-corrected chi connectivity index (χ1v) is 11.5. The van der Waals surface area contributed by atoms with E-state index in [0.29, 0.717) is 0 Å². The first-order valence-electron chi connectivity index (χ1n) is 11.1. The van der Waals surface area contributed by atoms with Crippen molar-refractivity contribution in [1.29, 1.82) is 0 Å². The molecule has 1 aliphatic rings. The molecule has 2 heterocycles. The Bertz CT molecular complexity index is 1230. The molecule has 1 unspecified atom stereocenters. The Morgan fingerprint density at radius 1 is 0.875 bits per heavy atom. The van der Waals surface area contributed by atoms with Gasteiger partial charge in [0.2, 0.25) is 0 Å². The average Bonchev–Trinajstić information content (AvgIpc) is 3.12. The van der Waals surface area contributed by atoms with Crippen molar-refractivity contribution in [1.82, 2.24) is 9.47 Å². The molecule has 0 radical (unpaired) electrons. The minimum atomic E-state index is 0. The van der Waals surface area contributed by atoms with Gasteiger partial charge in [-0.15, -0.1) is 17.0 Å². The van der Waals surface area contributed by atoms with Crippen LogP contribution in [-0.2, 0) is 13.1 Å². The van der Waals surface area contributed by atoms with Gasteiger partial charge in [0.1, 0.15) is 0 Å². The molecule has 0 spiro atoms. The van der Waals surface area contributed by atoms with Gasteiger partial charge in [-0.1, -0.05) is 91.7 Å². The van der Waals surface area contributed by atoms with Crippen LogP contribution < -0.4 is 0 Å². The summed E-state index contributed by atoms with van der Waals surface area (Å²) in [6, 6.07) is 27.8. The minimum absolute atomic E-state index is 0. The highest BCUT2D eigenvalue weighted by Crippen LogP contribution is 2.43. The van der Waals surface area contributed by atoms with Gasteiger partial charge < -0.3 is 9.47 Å². The van der Waals surface area contributed by atoms with E-state index in [4.69, 9.17) is 11.6 Å². The van der Waals surface area contributed by atoms with Crippen LogP contribution in [0.4, 0.5) is 0 Å². The minimum Gasteiger partial charge on any atom is -0.361 e. The molecule has 5 rings (SSSR count). The van der Waals surface area contributed by atoms with Crippen LogP contribution in [-0.4, -0.2) is 9.47 Å². The molecule has 1 aromatic heterocycles. The molecule has 0 saturated heterocycles. The van der Waals surface area contributed by atoms with Crippen LogP contribution in [0.5, 0.6) is 0 Å². The number of fused-ring (bicyclic) bond motifs is 3. The molecule has 0 N–H and O–H groups in total. The van der Waals surface area contributed by atoms with Crippen molar-refractivity contribution in [2.24, 2.45) is 0 Å².